The fourth-order valence-electron chi connectivity index (χ4n) is 2.31. The molecule has 0 unspecified atom stereocenters. The van der Waals surface area contributed by atoms with Gasteiger partial charge in [-0.1, -0.05) is 6.07 Å². The first-order valence-corrected chi connectivity index (χ1v) is 6.12. The Kier molecular flexibility index (Phi) is 2.60. The average Bonchev–Trinajstić information content (AvgIpc) is 2.90. The minimum Gasteiger partial charge on any atom is -0.478 e. The normalized spacial score (nSPS) is 11.2. The summed E-state index contributed by atoms with van der Waals surface area (Å²) in [5.74, 6) is -0.630. The molecule has 2 heterocycles. The first-order chi connectivity index (χ1) is 9.49. The third-order valence-electron chi connectivity index (χ3n) is 3.37. The van der Waals surface area contributed by atoms with E-state index in [1.165, 1.54) is 6.07 Å². The smallest absolute Gasteiger partial charge is 0.339 e. The summed E-state index contributed by atoms with van der Waals surface area (Å²) >= 11 is 0. The molecule has 0 fully saturated rings. The average molecular weight is 271 g/mol. The first-order valence-electron chi connectivity index (χ1n) is 6.12. The highest BCUT2D eigenvalue weighted by molar-refractivity contribution is 6.00. The van der Waals surface area contributed by atoms with E-state index in [1.54, 1.807) is 16.8 Å². The molecule has 0 bridgehead atoms. The van der Waals surface area contributed by atoms with Gasteiger partial charge in [0.25, 0.3) is 0 Å². The number of rotatable bonds is 2. The predicted molar refractivity (Wildman–Crippen MR) is 72.6 cm³/mol. The van der Waals surface area contributed by atoms with E-state index in [1.807, 2.05) is 20.9 Å². The molecule has 3 aromatic rings. The van der Waals surface area contributed by atoms with Gasteiger partial charge in [0, 0.05) is 12.7 Å². The third-order valence-corrected chi connectivity index (χ3v) is 3.37. The molecule has 0 aliphatic rings. The van der Waals surface area contributed by atoms with E-state index in [9.17, 15) is 9.90 Å². The van der Waals surface area contributed by atoms with Gasteiger partial charge in [0.05, 0.1) is 11.3 Å². The first kappa shape index (κ1) is 12.4. The summed E-state index contributed by atoms with van der Waals surface area (Å²) in [6, 6.07) is 4.89. The molecular formula is C14H13N3O3. The van der Waals surface area contributed by atoms with Crippen molar-refractivity contribution >= 4 is 17.1 Å². The van der Waals surface area contributed by atoms with Gasteiger partial charge < -0.3 is 9.52 Å². The number of carboxylic acids is 1. The van der Waals surface area contributed by atoms with Gasteiger partial charge in [-0.15, -0.1) is 0 Å². The molecule has 0 saturated carbocycles. The summed E-state index contributed by atoms with van der Waals surface area (Å²) in [6.07, 6.45) is 0. The fraction of sp³-hybridized carbons (Fsp3) is 0.214. The molecule has 0 aliphatic carbocycles. The zero-order valence-corrected chi connectivity index (χ0v) is 11.3. The molecular weight excluding hydrogens is 258 g/mol. The van der Waals surface area contributed by atoms with Gasteiger partial charge in [-0.05, 0) is 26.0 Å². The summed E-state index contributed by atoms with van der Waals surface area (Å²) in [4.78, 5) is 15.6. The van der Waals surface area contributed by atoms with Crippen molar-refractivity contribution in [2.24, 2.45) is 7.05 Å². The molecule has 0 atom stereocenters. The van der Waals surface area contributed by atoms with Crippen molar-refractivity contribution < 1.29 is 14.3 Å². The highest BCUT2D eigenvalue weighted by atomic mass is 16.4. The minimum atomic E-state index is -1.03. The van der Waals surface area contributed by atoms with Crippen LogP contribution in [0.2, 0.25) is 0 Å². The number of carboxylic acid groups (broad SMARTS) is 1. The number of hydrogen-bond acceptors (Lipinski definition) is 4. The Bertz CT molecular complexity index is 830. The van der Waals surface area contributed by atoms with Crippen LogP contribution in [0.5, 0.6) is 0 Å². The van der Waals surface area contributed by atoms with Crippen molar-refractivity contribution in [3.8, 4) is 11.5 Å². The van der Waals surface area contributed by atoms with Gasteiger partial charge in [0.15, 0.2) is 5.58 Å². The Morgan fingerprint density at radius 1 is 1.35 bits per heavy atom. The van der Waals surface area contributed by atoms with E-state index in [0.29, 0.717) is 11.4 Å². The van der Waals surface area contributed by atoms with Crippen LogP contribution in [0.25, 0.3) is 22.6 Å². The number of aromatic carboxylic acids is 1. The fourth-order valence-corrected chi connectivity index (χ4v) is 2.31. The quantitative estimate of drug-likeness (QED) is 0.774. The number of para-hydroxylation sites is 1. The Hall–Kier alpha value is -2.63. The molecule has 2 aromatic heterocycles. The highest BCUT2D eigenvalue weighted by Gasteiger charge is 2.20. The molecule has 3 rings (SSSR count). The molecule has 6 heteroatoms. The molecule has 0 radical (unpaired) electrons. The monoisotopic (exact) mass is 271 g/mol. The van der Waals surface area contributed by atoms with Crippen LogP contribution in [-0.4, -0.2) is 25.8 Å². The largest absolute Gasteiger partial charge is 0.478 e. The summed E-state index contributed by atoms with van der Waals surface area (Å²) in [7, 11) is 1.84. The van der Waals surface area contributed by atoms with E-state index in [0.717, 1.165) is 17.0 Å². The molecule has 0 saturated heterocycles. The van der Waals surface area contributed by atoms with Crippen LogP contribution in [0.3, 0.4) is 0 Å². The summed E-state index contributed by atoms with van der Waals surface area (Å²) in [6.45, 7) is 3.79. The van der Waals surface area contributed by atoms with E-state index in [4.69, 9.17) is 4.42 Å². The van der Waals surface area contributed by atoms with Crippen LogP contribution in [0, 0.1) is 13.8 Å². The van der Waals surface area contributed by atoms with Gasteiger partial charge in [0.1, 0.15) is 11.1 Å². The maximum atomic E-state index is 11.2. The highest BCUT2D eigenvalue weighted by Crippen LogP contribution is 2.30. The molecule has 20 heavy (non-hydrogen) atoms. The predicted octanol–water partition coefficient (Wildman–Crippen LogP) is 2.54. The summed E-state index contributed by atoms with van der Waals surface area (Å²) < 4.78 is 7.42. The second-order valence-electron chi connectivity index (χ2n) is 4.65. The Morgan fingerprint density at radius 3 is 2.70 bits per heavy atom. The van der Waals surface area contributed by atoms with Crippen molar-refractivity contribution in [1.29, 1.82) is 0 Å². The molecule has 102 valence electrons. The standard InChI is InChI=1S/C14H13N3O3/c1-7-11(8(2)17(3)16-7)13-15-10-6-4-5-9(14(18)19)12(10)20-13/h4-6H,1-3H3,(H,18,19). The van der Waals surface area contributed by atoms with Crippen molar-refractivity contribution in [1.82, 2.24) is 14.8 Å². The van der Waals surface area contributed by atoms with Crippen molar-refractivity contribution in [2.75, 3.05) is 0 Å². The second-order valence-corrected chi connectivity index (χ2v) is 4.65. The van der Waals surface area contributed by atoms with Gasteiger partial charge in [-0.3, -0.25) is 4.68 Å². The zero-order chi connectivity index (χ0) is 14.4. The zero-order valence-electron chi connectivity index (χ0n) is 11.3. The van der Waals surface area contributed by atoms with Gasteiger partial charge in [-0.25, -0.2) is 9.78 Å². The van der Waals surface area contributed by atoms with Gasteiger partial charge >= 0.3 is 5.97 Å². The van der Waals surface area contributed by atoms with Crippen LogP contribution in [0.4, 0.5) is 0 Å². The maximum Gasteiger partial charge on any atom is 0.339 e. The number of benzene rings is 1. The van der Waals surface area contributed by atoms with Gasteiger partial charge in [-0.2, -0.15) is 5.10 Å². The SMILES string of the molecule is Cc1nn(C)c(C)c1-c1nc2cccc(C(=O)O)c2o1. The lowest BCUT2D eigenvalue weighted by atomic mass is 10.2. The van der Waals surface area contributed by atoms with E-state index < -0.39 is 5.97 Å². The number of oxazole rings is 1. The number of aromatic nitrogens is 3. The third kappa shape index (κ3) is 1.69. The van der Waals surface area contributed by atoms with Crippen molar-refractivity contribution in [2.45, 2.75) is 13.8 Å². The van der Waals surface area contributed by atoms with Crippen molar-refractivity contribution in [3.05, 3.63) is 35.2 Å². The van der Waals surface area contributed by atoms with Crippen LogP contribution in [0.1, 0.15) is 21.7 Å². The molecule has 0 spiro atoms. The van der Waals surface area contributed by atoms with Crippen LogP contribution in [-0.2, 0) is 7.05 Å². The van der Waals surface area contributed by atoms with Crippen LogP contribution >= 0.6 is 0 Å². The Morgan fingerprint density at radius 2 is 2.10 bits per heavy atom. The molecule has 0 amide bonds. The lowest BCUT2D eigenvalue weighted by molar-refractivity contribution is 0.0698. The molecule has 1 aromatic carbocycles. The summed E-state index contributed by atoms with van der Waals surface area (Å²) in [5, 5.41) is 13.5. The minimum absolute atomic E-state index is 0.112. The van der Waals surface area contributed by atoms with Gasteiger partial charge in [0.2, 0.25) is 5.89 Å². The Labute approximate surface area is 114 Å². The maximum absolute atomic E-state index is 11.2. The number of aryl methyl sites for hydroxylation is 2. The molecule has 1 N–H and O–H groups in total. The Balaban J connectivity index is 2.29. The lowest BCUT2D eigenvalue weighted by Crippen LogP contribution is -1.95. The second kappa shape index (κ2) is 4.19. The van der Waals surface area contributed by atoms with Crippen LogP contribution in [0.15, 0.2) is 22.6 Å². The number of carbonyl (C=O) groups is 1. The number of hydrogen-bond donors (Lipinski definition) is 1. The summed E-state index contributed by atoms with van der Waals surface area (Å²) in [5.41, 5.74) is 3.46. The van der Waals surface area contributed by atoms with E-state index in [2.05, 4.69) is 10.1 Å². The van der Waals surface area contributed by atoms with Crippen molar-refractivity contribution in [3.63, 3.8) is 0 Å². The lowest BCUT2D eigenvalue weighted by Gasteiger charge is -1.96. The van der Waals surface area contributed by atoms with Crippen LogP contribution < -0.4 is 0 Å². The topological polar surface area (TPSA) is 81.2 Å². The molecule has 0 aliphatic heterocycles. The number of nitrogens with zero attached hydrogens (tertiary/aromatic N) is 3. The number of fused-ring (bicyclic) bond motifs is 1. The molecule has 6 nitrogen and oxygen atoms in total. The van der Waals surface area contributed by atoms with E-state index >= 15 is 0 Å². The van der Waals surface area contributed by atoms with E-state index in [-0.39, 0.29) is 11.1 Å².